The standard InChI is InChI=1S/C6Cl6O/c7-1-2(8)4(10)6(11,12)5(13)3(1)9. The van der Waals surface area contributed by atoms with Gasteiger partial charge >= 0.3 is 0 Å². The van der Waals surface area contributed by atoms with Crippen molar-refractivity contribution in [1.29, 1.82) is 0 Å². The SMILES string of the molecule is O=C1C(Cl)=C(Cl)C(Cl)=C(Cl)C1(Cl)Cl. The van der Waals surface area contributed by atoms with Crippen LogP contribution in [-0.2, 0) is 4.79 Å². The van der Waals surface area contributed by atoms with Crippen LogP contribution in [0, 0.1) is 0 Å². The van der Waals surface area contributed by atoms with E-state index in [1.54, 1.807) is 0 Å². The molecule has 0 radical (unpaired) electrons. The van der Waals surface area contributed by atoms with E-state index in [1.807, 2.05) is 0 Å². The van der Waals surface area contributed by atoms with Crippen molar-refractivity contribution < 1.29 is 4.79 Å². The molecule has 1 aliphatic carbocycles. The van der Waals surface area contributed by atoms with Gasteiger partial charge < -0.3 is 0 Å². The first kappa shape index (κ1) is 12.0. The molecule has 0 aromatic carbocycles. The Morgan fingerprint density at radius 2 is 1.31 bits per heavy atom. The van der Waals surface area contributed by atoms with Crippen molar-refractivity contribution in [3.05, 3.63) is 20.1 Å². The summed E-state index contributed by atoms with van der Waals surface area (Å²) in [6.45, 7) is 0. The van der Waals surface area contributed by atoms with E-state index in [-0.39, 0.29) is 20.1 Å². The van der Waals surface area contributed by atoms with E-state index in [0.717, 1.165) is 0 Å². The highest BCUT2D eigenvalue weighted by atomic mass is 35.5. The third kappa shape index (κ3) is 1.83. The van der Waals surface area contributed by atoms with Gasteiger partial charge in [0.15, 0.2) is 0 Å². The Hall–Kier alpha value is 0.890. The van der Waals surface area contributed by atoms with Gasteiger partial charge in [0.05, 0.1) is 15.1 Å². The highest BCUT2D eigenvalue weighted by Crippen LogP contribution is 2.47. The smallest absolute Gasteiger partial charge is 0.218 e. The number of hydrogen-bond acceptors (Lipinski definition) is 1. The van der Waals surface area contributed by atoms with Gasteiger partial charge in [0.1, 0.15) is 5.03 Å². The van der Waals surface area contributed by atoms with Crippen LogP contribution in [0.15, 0.2) is 20.1 Å². The molecule has 7 heteroatoms. The molecule has 0 unspecified atom stereocenters. The predicted octanol–water partition coefficient (Wildman–Crippen LogP) is 4.12. The molecule has 1 aliphatic rings. The number of hydrogen-bond donors (Lipinski definition) is 0. The monoisotopic (exact) mass is 298 g/mol. The molecule has 1 nitrogen and oxygen atoms in total. The summed E-state index contributed by atoms with van der Waals surface area (Å²) < 4.78 is -1.94. The average Bonchev–Trinajstić information content (AvgIpc) is 2.09. The molecule has 0 heterocycles. The summed E-state index contributed by atoms with van der Waals surface area (Å²) in [4.78, 5) is 11.3. The zero-order valence-electron chi connectivity index (χ0n) is 5.68. The molecule has 0 aromatic heterocycles. The van der Waals surface area contributed by atoms with Crippen LogP contribution >= 0.6 is 69.6 Å². The molecule has 0 aliphatic heterocycles. The Kier molecular flexibility index (Phi) is 3.50. The number of halogens is 6. The van der Waals surface area contributed by atoms with Gasteiger partial charge in [0, 0.05) is 0 Å². The van der Waals surface area contributed by atoms with Crippen LogP contribution in [0.2, 0.25) is 0 Å². The molecule has 0 bridgehead atoms. The largest absolute Gasteiger partial charge is 0.289 e. The molecule has 0 atom stereocenters. The van der Waals surface area contributed by atoms with E-state index in [1.165, 1.54) is 0 Å². The first-order valence-corrected chi connectivity index (χ1v) is 5.11. The molecule has 0 saturated carbocycles. The van der Waals surface area contributed by atoms with E-state index in [0.29, 0.717) is 0 Å². The van der Waals surface area contributed by atoms with Crippen molar-refractivity contribution in [3.63, 3.8) is 0 Å². The first-order chi connectivity index (χ1) is 5.80. The van der Waals surface area contributed by atoms with Crippen LogP contribution in [0.5, 0.6) is 0 Å². The number of Topliss-reactive ketones (excluding diaryl/α,β-unsaturated/α-hetero) is 1. The Bertz CT molecular complexity index is 339. The minimum atomic E-state index is -1.94. The van der Waals surface area contributed by atoms with Crippen molar-refractivity contribution in [3.8, 4) is 0 Å². The molecule has 72 valence electrons. The van der Waals surface area contributed by atoms with Crippen LogP contribution in [0.25, 0.3) is 0 Å². The van der Waals surface area contributed by atoms with Crippen LogP contribution in [-0.4, -0.2) is 10.1 Å². The van der Waals surface area contributed by atoms with Gasteiger partial charge in [-0.2, -0.15) is 0 Å². The third-order valence-electron chi connectivity index (χ3n) is 1.34. The van der Waals surface area contributed by atoms with Crippen molar-refractivity contribution in [1.82, 2.24) is 0 Å². The Labute approximate surface area is 104 Å². The number of allylic oxidation sites excluding steroid dienone is 4. The van der Waals surface area contributed by atoms with Gasteiger partial charge in [-0.15, -0.1) is 0 Å². The molecule has 0 saturated heterocycles. The summed E-state index contributed by atoms with van der Waals surface area (Å²) in [6, 6.07) is 0. The molecule has 1 rings (SSSR count). The molecule has 0 amide bonds. The van der Waals surface area contributed by atoms with E-state index >= 15 is 0 Å². The molecule has 0 aromatic rings. The number of rotatable bonds is 0. The van der Waals surface area contributed by atoms with Crippen LogP contribution in [0.4, 0.5) is 0 Å². The van der Waals surface area contributed by atoms with E-state index < -0.39 is 10.1 Å². The zero-order chi connectivity index (χ0) is 10.4. The predicted molar refractivity (Wildman–Crippen MR) is 56.9 cm³/mol. The quantitative estimate of drug-likeness (QED) is 0.615. The fourth-order valence-electron chi connectivity index (χ4n) is 0.668. The van der Waals surface area contributed by atoms with Crippen LogP contribution in [0.3, 0.4) is 0 Å². The number of carbonyl (C=O) groups excluding carboxylic acids is 1. The maximum Gasteiger partial charge on any atom is 0.218 e. The van der Waals surface area contributed by atoms with Gasteiger partial charge in [0.25, 0.3) is 0 Å². The summed E-state index contributed by atoms with van der Waals surface area (Å²) in [7, 11) is 0. The fourth-order valence-corrected chi connectivity index (χ4v) is 2.17. The lowest BCUT2D eigenvalue weighted by atomic mass is 10.1. The zero-order valence-corrected chi connectivity index (χ0v) is 10.2. The molecule has 0 fully saturated rings. The normalized spacial score (nSPS) is 22.8. The van der Waals surface area contributed by atoms with Gasteiger partial charge in [-0.05, 0) is 0 Å². The average molecular weight is 301 g/mol. The van der Waals surface area contributed by atoms with Gasteiger partial charge in [-0.25, -0.2) is 0 Å². The highest BCUT2D eigenvalue weighted by molar-refractivity contribution is 6.72. The summed E-state index contributed by atoms with van der Waals surface area (Å²) in [5, 5.41) is -0.814. The van der Waals surface area contributed by atoms with Gasteiger partial charge in [-0.1, -0.05) is 69.6 Å². The van der Waals surface area contributed by atoms with Crippen LogP contribution < -0.4 is 0 Å². The maximum absolute atomic E-state index is 11.3. The summed E-state index contributed by atoms with van der Waals surface area (Å²) in [6.07, 6.45) is 0. The van der Waals surface area contributed by atoms with Crippen molar-refractivity contribution in [2.45, 2.75) is 4.33 Å². The second kappa shape index (κ2) is 3.80. The van der Waals surface area contributed by atoms with Gasteiger partial charge in [-0.3, -0.25) is 4.79 Å². The minimum Gasteiger partial charge on any atom is -0.289 e. The lowest BCUT2D eigenvalue weighted by Gasteiger charge is -2.22. The van der Waals surface area contributed by atoms with E-state index in [2.05, 4.69) is 0 Å². The topological polar surface area (TPSA) is 17.1 Å². The van der Waals surface area contributed by atoms with E-state index in [9.17, 15) is 4.79 Å². The number of alkyl halides is 2. The second-order valence-electron chi connectivity index (χ2n) is 2.16. The summed E-state index contributed by atoms with van der Waals surface area (Å²) in [5.74, 6) is -0.781. The Morgan fingerprint density at radius 1 is 0.846 bits per heavy atom. The van der Waals surface area contributed by atoms with Crippen LogP contribution in [0.1, 0.15) is 0 Å². The summed E-state index contributed by atoms with van der Waals surface area (Å²) >= 11 is 33.5. The Morgan fingerprint density at radius 3 is 1.77 bits per heavy atom. The summed E-state index contributed by atoms with van der Waals surface area (Å²) in [5.41, 5.74) is 0. The molecule has 0 N–H and O–H groups in total. The highest BCUT2D eigenvalue weighted by Gasteiger charge is 2.45. The van der Waals surface area contributed by atoms with Gasteiger partial charge in [0.2, 0.25) is 10.1 Å². The molecular weight excluding hydrogens is 301 g/mol. The lowest BCUT2D eigenvalue weighted by molar-refractivity contribution is -0.114. The number of carbonyl (C=O) groups is 1. The van der Waals surface area contributed by atoms with Crippen molar-refractivity contribution in [2.24, 2.45) is 0 Å². The third-order valence-corrected chi connectivity index (χ3v) is 4.13. The second-order valence-corrected chi connectivity index (χ2v) is 5.00. The lowest BCUT2D eigenvalue weighted by Crippen LogP contribution is -2.30. The fraction of sp³-hybridized carbons (Fsp3) is 0.167. The molecule has 0 spiro atoms. The van der Waals surface area contributed by atoms with Crippen molar-refractivity contribution >= 4 is 75.4 Å². The van der Waals surface area contributed by atoms with E-state index in [4.69, 9.17) is 69.6 Å². The minimum absolute atomic E-state index is 0.113. The Balaban J connectivity index is 3.41. The first-order valence-electron chi connectivity index (χ1n) is 2.84. The molecule has 13 heavy (non-hydrogen) atoms. The molecular formula is C6Cl6O. The maximum atomic E-state index is 11.3. The number of ketones is 1. The van der Waals surface area contributed by atoms with Crippen molar-refractivity contribution in [2.75, 3.05) is 0 Å².